The molecule has 122 valence electrons. The van der Waals surface area contributed by atoms with Crippen LogP contribution in [0.2, 0.25) is 0 Å². The number of aromatic nitrogens is 3. The van der Waals surface area contributed by atoms with E-state index in [1.807, 2.05) is 24.3 Å². The van der Waals surface area contributed by atoms with E-state index in [0.717, 1.165) is 16.6 Å². The Kier molecular flexibility index (Phi) is 3.50. The third kappa shape index (κ3) is 2.63. The maximum absolute atomic E-state index is 14.3. The first-order chi connectivity index (χ1) is 12.1. The standard InChI is InChI=1S/C19H13FN4O/c20-16-5-4-12(25)9-14(16)18-13(2-1-7-22-18)11-3-6-17-15(8-11)19(21)24-10-23-17/h1-10,25H,(H2,21,23,24). The van der Waals surface area contributed by atoms with Gasteiger partial charge < -0.3 is 10.8 Å². The third-order valence-electron chi connectivity index (χ3n) is 3.99. The molecule has 0 aliphatic heterocycles. The van der Waals surface area contributed by atoms with Crippen molar-refractivity contribution in [1.82, 2.24) is 15.0 Å². The maximum atomic E-state index is 14.3. The van der Waals surface area contributed by atoms with Gasteiger partial charge in [0.15, 0.2) is 0 Å². The second kappa shape index (κ2) is 5.83. The fraction of sp³-hybridized carbons (Fsp3) is 0. The summed E-state index contributed by atoms with van der Waals surface area (Å²) in [4.78, 5) is 12.5. The van der Waals surface area contributed by atoms with Crippen molar-refractivity contribution in [3.05, 3.63) is 66.9 Å². The van der Waals surface area contributed by atoms with Crippen molar-refractivity contribution < 1.29 is 9.50 Å². The van der Waals surface area contributed by atoms with Crippen LogP contribution in [0.4, 0.5) is 10.2 Å². The van der Waals surface area contributed by atoms with Crippen molar-refractivity contribution in [3.63, 3.8) is 0 Å². The van der Waals surface area contributed by atoms with Gasteiger partial charge in [0.1, 0.15) is 23.7 Å². The van der Waals surface area contributed by atoms with E-state index in [0.29, 0.717) is 16.9 Å². The SMILES string of the molecule is Nc1ncnc2ccc(-c3cccnc3-c3cc(O)ccc3F)cc12. The summed E-state index contributed by atoms with van der Waals surface area (Å²) in [5.41, 5.74) is 8.85. The quantitative estimate of drug-likeness (QED) is 0.583. The van der Waals surface area contributed by atoms with Gasteiger partial charge >= 0.3 is 0 Å². The largest absolute Gasteiger partial charge is 0.508 e. The molecule has 0 saturated heterocycles. The molecule has 0 unspecified atom stereocenters. The number of rotatable bonds is 2. The number of nitrogens with two attached hydrogens (primary N) is 1. The minimum atomic E-state index is -0.457. The molecule has 0 saturated carbocycles. The van der Waals surface area contributed by atoms with Crippen molar-refractivity contribution in [3.8, 4) is 28.1 Å². The predicted molar refractivity (Wildman–Crippen MR) is 94.2 cm³/mol. The number of pyridine rings is 1. The second-order valence-electron chi connectivity index (χ2n) is 5.55. The van der Waals surface area contributed by atoms with Gasteiger partial charge in [-0.05, 0) is 42.0 Å². The Bertz CT molecular complexity index is 1100. The van der Waals surface area contributed by atoms with Gasteiger partial charge in [-0.2, -0.15) is 0 Å². The summed E-state index contributed by atoms with van der Waals surface area (Å²) in [6.07, 6.45) is 3.00. The second-order valence-corrected chi connectivity index (χ2v) is 5.55. The van der Waals surface area contributed by atoms with E-state index < -0.39 is 5.82 Å². The molecule has 4 rings (SSSR count). The summed E-state index contributed by atoms with van der Waals surface area (Å²) < 4.78 is 14.3. The Morgan fingerprint density at radius 3 is 2.68 bits per heavy atom. The molecule has 3 N–H and O–H groups in total. The van der Waals surface area contributed by atoms with Gasteiger partial charge in [-0.25, -0.2) is 14.4 Å². The summed E-state index contributed by atoms with van der Waals surface area (Å²) in [7, 11) is 0. The highest BCUT2D eigenvalue weighted by atomic mass is 19.1. The molecule has 0 radical (unpaired) electrons. The molecule has 0 bridgehead atoms. The first-order valence-electron chi connectivity index (χ1n) is 7.58. The first kappa shape index (κ1) is 15.0. The average molecular weight is 332 g/mol. The summed E-state index contributed by atoms with van der Waals surface area (Å²) in [6.45, 7) is 0. The molecule has 2 heterocycles. The number of benzene rings is 2. The predicted octanol–water partition coefficient (Wildman–Crippen LogP) is 3.79. The Morgan fingerprint density at radius 1 is 0.920 bits per heavy atom. The molecule has 0 amide bonds. The van der Waals surface area contributed by atoms with Crippen LogP contribution in [-0.4, -0.2) is 20.1 Å². The summed E-state index contributed by atoms with van der Waals surface area (Å²) in [5, 5.41) is 10.4. The average Bonchev–Trinajstić information content (AvgIpc) is 2.64. The number of halogens is 1. The number of aromatic hydroxyl groups is 1. The van der Waals surface area contributed by atoms with Gasteiger partial charge in [-0.1, -0.05) is 12.1 Å². The van der Waals surface area contributed by atoms with Crippen LogP contribution < -0.4 is 5.73 Å². The fourth-order valence-electron chi connectivity index (χ4n) is 2.79. The Morgan fingerprint density at radius 2 is 1.80 bits per heavy atom. The number of hydrogen-bond acceptors (Lipinski definition) is 5. The van der Waals surface area contributed by atoms with E-state index in [-0.39, 0.29) is 11.3 Å². The number of fused-ring (bicyclic) bond motifs is 1. The molecular formula is C19H13FN4O. The smallest absolute Gasteiger partial charge is 0.134 e. The van der Waals surface area contributed by atoms with Crippen LogP contribution >= 0.6 is 0 Å². The van der Waals surface area contributed by atoms with E-state index in [1.165, 1.54) is 24.5 Å². The molecule has 0 atom stereocenters. The number of hydrogen-bond donors (Lipinski definition) is 2. The Hall–Kier alpha value is -3.54. The fourth-order valence-corrected chi connectivity index (χ4v) is 2.79. The number of phenolic OH excluding ortho intramolecular Hbond substituents is 1. The van der Waals surface area contributed by atoms with Crippen LogP contribution in [0.3, 0.4) is 0 Å². The molecule has 0 aliphatic carbocycles. The summed E-state index contributed by atoms with van der Waals surface area (Å²) >= 11 is 0. The van der Waals surface area contributed by atoms with Gasteiger partial charge in [0.05, 0.1) is 11.2 Å². The molecule has 25 heavy (non-hydrogen) atoms. The van der Waals surface area contributed by atoms with E-state index in [9.17, 15) is 9.50 Å². The summed E-state index contributed by atoms with van der Waals surface area (Å²) in [5.74, 6) is -0.105. The number of phenols is 1. The Balaban J connectivity index is 1.96. The molecule has 0 aliphatic rings. The van der Waals surface area contributed by atoms with Crippen molar-refractivity contribution in [2.24, 2.45) is 0 Å². The van der Waals surface area contributed by atoms with Crippen LogP contribution in [0.25, 0.3) is 33.3 Å². The third-order valence-corrected chi connectivity index (χ3v) is 3.99. The van der Waals surface area contributed by atoms with E-state index in [4.69, 9.17) is 5.73 Å². The molecule has 4 aromatic rings. The zero-order valence-electron chi connectivity index (χ0n) is 13.0. The lowest BCUT2D eigenvalue weighted by molar-refractivity contribution is 0.473. The molecule has 5 nitrogen and oxygen atoms in total. The summed E-state index contributed by atoms with van der Waals surface area (Å²) in [6, 6.07) is 13.0. The lowest BCUT2D eigenvalue weighted by Gasteiger charge is -2.11. The number of anilines is 1. The first-order valence-corrected chi connectivity index (χ1v) is 7.58. The highest BCUT2D eigenvalue weighted by Gasteiger charge is 2.14. The van der Waals surface area contributed by atoms with Crippen molar-refractivity contribution in [2.75, 3.05) is 5.73 Å². The lowest BCUT2D eigenvalue weighted by atomic mass is 9.98. The molecule has 0 spiro atoms. The van der Waals surface area contributed by atoms with E-state index in [1.54, 1.807) is 12.3 Å². The van der Waals surface area contributed by atoms with Crippen LogP contribution in [0.1, 0.15) is 0 Å². The maximum Gasteiger partial charge on any atom is 0.134 e. The van der Waals surface area contributed by atoms with Gasteiger partial charge in [0, 0.05) is 22.7 Å². The molecular weight excluding hydrogens is 319 g/mol. The van der Waals surface area contributed by atoms with Gasteiger partial charge in [0.25, 0.3) is 0 Å². The number of nitrogen functional groups attached to an aromatic ring is 1. The molecule has 2 aromatic heterocycles. The van der Waals surface area contributed by atoms with Gasteiger partial charge in [0.2, 0.25) is 0 Å². The highest BCUT2D eigenvalue weighted by molar-refractivity contribution is 5.93. The van der Waals surface area contributed by atoms with Crippen molar-refractivity contribution >= 4 is 16.7 Å². The van der Waals surface area contributed by atoms with Crippen LogP contribution in [-0.2, 0) is 0 Å². The molecule has 0 fully saturated rings. The lowest BCUT2D eigenvalue weighted by Crippen LogP contribution is -1.95. The van der Waals surface area contributed by atoms with Crippen molar-refractivity contribution in [1.29, 1.82) is 0 Å². The molecule has 2 aromatic carbocycles. The molecule has 6 heteroatoms. The van der Waals surface area contributed by atoms with E-state index in [2.05, 4.69) is 15.0 Å². The highest BCUT2D eigenvalue weighted by Crippen LogP contribution is 2.34. The topological polar surface area (TPSA) is 84.9 Å². The minimum absolute atomic E-state index is 0.0239. The van der Waals surface area contributed by atoms with Gasteiger partial charge in [-0.3, -0.25) is 4.98 Å². The van der Waals surface area contributed by atoms with Crippen molar-refractivity contribution in [2.45, 2.75) is 0 Å². The Labute approximate surface area is 142 Å². The normalized spacial score (nSPS) is 10.9. The van der Waals surface area contributed by atoms with E-state index >= 15 is 0 Å². The van der Waals surface area contributed by atoms with Crippen LogP contribution in [0.5, 0.6) is 5.75 Å². The van der Waals surface area contributed by atoms with Gasteiger partial charge in [-0.15, -0.1) is 0 Å². The van der Waals surface area contributed by atoms with Crippen LogP contribution in [0.15, 0.2) is 61.1 Å². The number of nitrogens with zero attached hydrogens (tertiary/aromatic N) is 3. The zero-order chi connectivity index (χ0) is 17.4. The minimum Gasteiger partial charge on any atom is -0.508 e. The van der Waals surface area contributed by atoms with Crippen LogP contribution in [0, 0.1) is 5.82 Å². The monoisotopic (exact) mass is 332 g/mol. The zero-order valence-corrected chi connectivity index (χ0v) is 13.0.